The van der Waals surface area contributed by atoms with E-state index in [1.165, 1.54) is 55.4 Å². The molecule has 1 saturated heterocycles. The van der Waals surface area contributed by atoms with Gasteiger partial charge in [0.1, 0.15) is 13.7 Å². The van der Waals surface area contributed by atoms with Crippen LogP contribution in [0.4, 0.5) is 4.79 Å². The second-order valence-corrected chi connectivity index (χ2v) is 17.6. The molecule has 0 bridgehead atoms. The molecule has 0 aromatic heterocycles. The molecule has 1 heterocycles. The van der Waals surface area contributed by atoms with Gasteiger partial charge < -0.3 is 28.7 Å². The standard InChI is InChI=1S/C34H58NO6P.Na/c1-22(2)8-7-9-23(3)29-12-13-30-28-11-10-24-18-27(14-16-33(24,4)31(28)15-17-34(29,30)5)41-32(37)35-20-26(36)19-25(35)21-40-42(6,38)39;/h10,22-23,25-31,36H,7-9,11-21H2,1-6H3,(H,38,39);/q;+1/p-1/t23-,25?,26+,27+,28?,29-,30+,31+,33+,34-;/m1./s1. The van der Waals surface area contributed by atoms with Crippen LogP contribution in [0.25, 0.3) is 0 Å². The van der Waals surface area contributed by atoms with Gasteiger partial charge in [0.05, 0.1) is 25.3 Å². The summed E-state index contributed by atoms with van der Waals surface area (Å²) in [5, 5.41) is 10.2. The van der Waals surface area contributed by atoms with Gasteiger partial charge in [-0.25, -0.2) is 4.79 Å². The number of aliphatic hydroxyl groups excluding tert-OH is 1. The molecular weight excluding hydrogens is 572 g/mol. The second kappa shape index (κ2) is 14.1. The van der Waals surface area contributed by atoms with E-state index in [2.05, 4.69) is 40.7 Å². The predicted octanol–water partition coefficient (Wildman–Crippen LogP) is 4.17. The van der Waals surface area contributed by atoms with Crippen LogP contribution in [0.3, 0.4) is 0 Å². The number of ether oxygens (including phenoxy) is 1. The number of carbonyl (C=O) groups excluding carboxylic acids is 1. The van der Waals surface area contributed by atoms with Crippen molar-refractivity contribution in [3.05, 3.63) is 11.6 Å². The molecule has 5 rings (SSSR count). The monoisotopic (exact) mass is 629 g/mol. The van der Waals surface area contributed by atoms with Crippen molar-refractivity contribution in [1.29, 1.82) is 0 Å². The van der Waals surface area contributed by atoms with Crippen LogP contribution in [0.15, 0.2) is 11.6 Å². The van der Waals surface area contributed by atoms with E-state index in [1.807, 2.05) is 0 Å². The Kier molecular flexibility index (Phi) is 11.8. The number of likely N-dealkylation sites (tertiary alicyclic amines) is 1. The van der Waals surface area contributed by atoms with E-state index in [1.54, 1.807) is 0 Å². The molecule has 1 amide bonds. The molecule has 5 aliphatic rings. The Morgan fingerprint density at radius 2 is 1.88 bits per heavy atom. The average molecular weight is 630 g/mol. The van der Waals surface area contributed by atoms with Crippen molar-refractivity contribution in [1.82, 2.24) is 4.90 Å². The molecule has 3 unspecified atom stereocenters. The van der Waals surface area contributed by atoms with E-state index < -0.39 is 25.8 Å². The maximum absolute atomic E-state index is 13.2. The maximum Gasteiger partial charge on any atom is 1.00 e. The smallest absolute Gasteiger partial charge is 0.779 e. The predicted molar refractivity (Wildman–Crippen MR) is 164 cm³/mol. The van der Waals surface area contributed by atoms with Gasteiger partial charge in [0.2, 0.25) is 0 Å². The molecule has 0 spiro atoms. The zero-order chi connectivity index (χ0) is 30.4. The largest absolute Gasteiger partial charge is 1.00 e. The summed E-state index contributed by atoms with van der Waals surface area (Å²) in [6.07, 6.45) is 14.9. The third kappa shape index (κ3) is 7.65. The molecular formula is C34H57NNaO6P. The SMILES string of the molecule is CC(C)CCC[C@@H](C)[C@H]1CC[C@H]2C3CC=C4C[C@@H](OC(=O)N5C[C@@H](O)CC5COP(C)(=O)[O-])CC[C@]4(C)[C@H]3CC[C@]12C.[Na+]. The molecule has 7 nitrogen and oxygen atoms in total. The first-order valence-corrected chi connectivity index (χ1v) is 19.0. The number of hydrogen-bond acceptors (Lipinski definition) is 6. The molecule has 1 N–H and O–H groups in total. The molecule has 11 atom stereocenters. The van der Waals surface area contributed by atoms with E-state index in [-0.39, 0.29) is 54.2 Å². The molecule has 4 fully saturated rings. The summed E-state index contributed by atoms with van der Waals surface area (Å²) in [7, 11) is -3.91. The number of hydrogen-bond donors (Lipinski definition) is 1. The molecule has 0 aromatic rings. The third-order valence-electron chi connectivity index (χ3n) is 12.7. The van der Waals surface area contributed by atoms with Gasteiger partial charge in [0, 0.05) is 13.1 Å². The Labute approximate surface area is 283 Å². The van der Waals surface area contributed by atoms with Gasteiger partial charge in [-0.1, -0.05) is 65.5 Å². The van der Waals surface area contributed by atoms with Gasteiger partial charge in [0.25, 0.3) is 0 Å². The topological polar surface area (TPSA) is 99.1 Å². The van der Waals surface area contributed by atoms with Gasteiger partial charge in [-0.2, -0.15) is 0 Å². The fourth-order valence-corrected chi connectivity index (χ4v) is 10.9. The number of amides is 1. The number of nitrogens with zero attached hydrogens (tertiary/aromatic N) is 1. The Hall–Kier alpha value is 0.120. The van der Waals surface area contributed by atoms with Crippen molar-refractivity contribution in [2.75, 3.05) is 19.8 Å². The summed E-state index contributed by atoms with van der Waals surface area (Å²) >= 11 is 0. The minimum Gasteiger partial charge on any atom is -0.779 e. The van der Waals surface area contributed by atoms with E-state index >= 15 is 0 Å². The summed E-state index contributed by atoms with van der Waals surface area (Å²) in [6, 6.07) is -0.497. The van der Waals surface area contributed by atoms with Gasteiger partial charge in [-0.3, -0.25) is 0 Å². The van der Waals surface area contributed by atoms with E-state index in [0.717, 1.165) is 61.9 Å². The molecule has 1 aliphatic heterocycles. The number of allylic oxidation sites excluding steroid dienone is 1. The fraction of sp³-hybridized carbons (Fsp3) is 0.912. The second-order valence-electron chi connectivity index (χ2n) is 15.8. The summed E-state index contributed by atoms with van der Waals surface area (Å²) in [5.41, 5.74) is 2.14. The number of fused-ring (bicyclic) bond motifs is 5. The summed E-state index contributed by atoms with van der Waals surface area (Å²) < 4.78 is 22.5. The van der Waals surface area contributed by atoms with Crippen LogP contribution in [0, 0.1) is 46.3 Å². The quantitative estimate of drug-likeness (QED) is 0.234. The van der Waals surface area contributed by atoms with Crippen LogP contribution < -0.4 is 34.5 Å². The third-order valence-corrected chi connectivity index (χ3v) is 13.3. The summed E-state index contributed by atoms with van der Waals surface area (Å²) in [6.45, 7) is 13.4. The molecule has 0 radical (unpaired) electrons. The number of rotatable bonds is 9. The Morgan fingerprint density at radius 1 is 1.14 bits per heavy atom. The summed E-state index contributed by atoms with van der Waals surface area (Å²) in [4.78, 5) is 26.1. The number of aliphatic hydroxyl groups is 1. The Morgan fingerprint density at radius 3 is 2.58 bits per heavy atom. The van der Waals surface area contributed by atoms with Gasteiger partial charge >= 0.3 is 35.7 Å². The summed E-state index contributed by atoms with van der Waals surface area (Å²) in [5.74, 6) is 4.79. The van der Waals surface area contributed by atoms with Crippen LogP contribution in [-0.4, -0.2) is 54.2 Å². The number of carbonyl (C=O) groups is 1. The van der Waals surface area contributed by atoms with Crippen molar-refractivity contribution in [3.8, 4) is 0 Å². The minimum absolute atomic E-state index is 0. The average Bonchev–Trinajstić information content (AvgIpc) is 3.46. The first-order chi connectivity index (χ1) is 19.7. The van der Waals surface area contributed by atoms with Crippen LogP contribution in [-0.2, 0) is 13.8 Å². The van der Waals surface area contributed by atoms with Crippen LogP contribution in [0.5, 0.6) is 0 Å². The van der Waals surface area contributed by atoms with Crippen molar-refractivity contribution < 1.29 is 58.2 Å². The van der Waals surface area contributed by atoms with Crippen LogP contribution in [0.2, 0.25) is 0 Å². The molecule has 4 aliphatic carbocycles. The number of β-amino-alcohol motifs (C(OH)–C–C–N with tert-alkyl or cyclic N) is 1. The van der Waals surface area contributed by atoms with Gasteiger partial charge in [-0.15, -0.1) is 0 Å². The van der Waals surface area contributed by atoms with Crippen molar-refractivity contribution in [2.45, 2.75) is 130 Å². The molecule has 0 aromatic carbocycles. The maximum atomic E-state index is 13.2. The van der Waals surface area contributed by atoms with Crippen molar-refractivity contribution >= 4 is 13.7 Å². The first-order valence-electron chi connectivity index (χ1n) is 17.0. The zero-order valence-electron chi connectivity index (χ0n) is 28.1. The van der Waals surface area contributed by atoms with Crippen LogP contribution >= 0.6 is 7.60 Å². The Bertz CT molecular complexity index is 1060. The van der Waals surface area contributed by atoms with E-state index in [9.17, 15) is 19.4 Å². The zero-order valence-corrected chi connectivity index (χ0v) is 31.0. The minimum atomic E-state index is -3.91. The van der Waals surface area contributed by atoms with E-state index in [4.69, 9.17) is 9.26 Å². The van der Waals surface area contributed by atoms with Crippen molar-refractivity contribution in [2.24, 2.45) is 46.3 Å². The normalized spacial score (nSPS) is 40.9. The van der Waals surface area contributed by atoms with Gasteiger partial charge in [0.15, 0.2) is 0 Å². The first kappa shape index (κ1) is 36.0. The molecule has 3 saturated carbocycles. The van der Waals surface area contributed by atoms with E-state index in [0.29, 0.717) is 17.8 Å². The van der Waals surface area contributed by atoms with Crippen LogP contribution in [0.1, 0.15) is 112 Å². The van der Waals surface area contributed by atoms with Crippen molar-refractivity contribution in [3.63, 3.8) is 0 Å². The molecule has 9 heteroatoms. The molecule has 240 valence electrons. The molecule has 43 heavy (non-hydrogen) atoms. The fourth-order valence-electron chi connectivity index (χ4n) is 10.5. The van der Waals surface area contributed by atoms with Gasteiger partial charge in [-0.05, 0) is 97.7 Å². The Balaban J connectivity index is 0.00000423.